The first-order chi connectivity index (χ1) is 15.3. The maximum absolute atomic E-state index is 13.1. The van der Waals surface area contributed by atoms with Gasteiger partial charge in [0.05, 0.1) is 0 Å². The van der Waals surface area contributed by atoms with Crippen LogP contribution in [0, 0.1) is 0 Å². The van der Waals surface area contributed by atoms with Gasteiger partial charge in [-0.25, -0.2) is 4.79 Å². The summed E-state index contributed by atoms with van der Waals surface area (Å²) < 4.78 is 11.2. The highest BCUT2D eigenvalue weighted by Crippen LogP contribution is 2.16. The van der Waals surface area contributed by atoms with Crippen molar-refractivity contribution in [2.75, 3.05) is 26.2 Å². The van der Waals surface area contributed by atoms with Crippen molar-refractivity contribution in [1.82, 2.24) is 15.5 Å². The fourth-order valence-electron chi connectivity index (χ4n) is 3.45. The van der Waals surface area contributed by atoms with Crippen LogP contribution < -0.4 is 15.4 Å². The number of carbonyl (C=O) groups excluding carboxylic acids is 2. The molecular formula is C25H33N3O4. The molecule has 0 aliphatic carbocycles. The molecular weight excluding hydrogens is 406 g/mol. The average molecular weight is 440 g/mol. The predicted octanol–water partition coefficient (Wildman–Crippen LogP) is 3.13. The van der Waals surface area contributed by atoms with E-state index >= 15 is 0 Å². The summed E-state index contributed by atoms with van der Waals surface area (Å²) >= 11 is 0. The van der Waals surface area contributed by atoms with Crippen molar-refractivity contribution in [2.45, 2.75) is 45.4 Å². The van der Waals surface area contributed by atoms with E-state index in [0.29, 0.717) is 26.1 Å². The SMILES string of the molecule is CC(C)(C)OC(=O)N[C@@H](Cc1ccc(OCc2ccccc2)cc1)C(=O)N1CCNCC1. The molecule has 3 rings (SSSR count). The summed E-state index contributed by atoms with van der Waals surface area (Å²) in [6, 6.07) is 16.9. The Hall–Kier alpha value is -3.06. The van der Waals surface area contributed by atoms with Crippen molar-refractivity contribution in [3.8, 4) is 5.75 Å². The quantitative estimate of drug-likeness (QED) is 0.693. The summed E-state index contributed by atoms with van der Waals surface area (Å²) in [5.74, 6) is 0.657. The number of hydrogen-bond donors (Lipinski definition) is 2. The Morgan fingerprint density at radius 2 is 1.66 bits per heavy atom. The second-order valence-electron chi connectivity index (χ2n) is 8.90. The summed E-state index contributed by atoms with van der Waals surface area (Å²) in [5.41, 5.74) is 1.39. The highest BCUT2D eigenvalue weighted by molar-refractivity contribution is 5.86. The minimum Gasteiger partial charge on any atom is -0.489 e. The first-order valence-corrected chi connectivity index (χ1v) is 11.0. The molecule has 1 fully saturated rings. The molecule has 0 bridgehead atoms. The lowest BCUT2D eigenvalue weighted by atomic mass is 10.0. The van der Waals surface area contributed by atoms with Gasteiger partial charge in [0, 0.05) is 32.6 Å². The smallest absolute Gasteiger partial charge is 0.408 e. The van der Waals surface area contributed by atoms with Crippen LogP contribution in [0.15, 0.2) is 54.6 Å². The predicted molar refractivity (Wildman–Crippen MR) is 124 cm³/mol. The Morgan fingerprint density at radius 1 is 1.00 bits per heavy atom. The normalized spacial score (nSPS) is 15.0. The molecule has 1 aliphatic rings. The van der Waals surface area contributed by atoms with Gasteiger partial charge in [0.15, 0.2) is 0 Å². The molecule has 2 aromatic rings. The van der Waals surface area contributed by atoms with Crippen molar-refractivity contribution in [3.63, 3.8) is 0 Å². The lowest BCUT2D eigenvalue weighted by Crippen LogP contribution is -2.55. The molecule has 0 aromatic heterocycles. The van der Waals surface area contributed by atoms with Crippen LogP contribution in [0.1, 0.15) is 31.9 Å². The van der Waals surface area contributed by atoms with E-state index in [9.17, 15) is 9.59 Å². The second-order valence-corrected chi connectivity index (χ2v) is 8.90. The van der Waals surface area contributed by atoms with Crippen molar-refractivity contribution in [2.24, 2.45) is 0 Å². The molecule has 0 unspecified atom stereocenters. The lowest BCUT2D eigenvalue weighted by Gasteiger charge is -2.31. The standard InChI is InChI=1S/C25H33N3O4/c1-25(2,3)32-24(30)27-22(23(29)28-15-13-26-14-16-28)17-19-9-11-21(12-10-19)31-18-20-7-5-4-6-8-20/h4-12,22,26H,13-18H2,1-3H3,(H,27,30)/t22-/m0/s1. The van der Waals surface area contributed by atoms with Gasteiger partial charge in [-0.1, -0.05) is 42.5 Å². The van der Waals surface area contributed by atoms with Gasteiger partial charge in [-0.05, 0) is 44.0 Å². The Morgan fingerprint density at radius 3 is 2.28 bits per heavy atom. The van der Waals surface area contributed by atoms with E-state index in [-0.39, 0.29) is 5.91 Å². The maximum Gasteiger partial charge on any atom is 0.408 e. The zero-order valence-corrected chi connectivity index (χ0v) is 19.1. The summed E-state index contributed by atoms with van der Waals surface area (Å²) in [6.45, 7) is 8.63. The van der Waals surface area contributed by atoms with Crippen molar-refractivity contribution in [3.05, 3.63) is 65.7 Å². The minimum atomic E-state index is -0.695. The average Bonchev–Trinajstić information content (AvgIpc) is 2.78. The Balaban J connectivity index is 1.64. The number of piperazine rings is 1. The van der Waals surface area contributed by atoms with E-state index in [4.69, 9.17) is 9.47 Å². The highest BCUT2D eigenvalue weighted by atomic mass is 16.6. The van der Waals surface area contributed by atoms with Crippen LogP contribution in [0.25, 0.3) is 0 Å². The molecule has 1 saturated heterocycles. The van der Waals surface area contributed by atoms with E-state index in [0.717, 1.165) is 30.0 Å². The topological polar surface area (TPSA) is 79.9 Å². The largest absolute Gasteiger partial charge is 0.489 e. The first-order valence-electron chi connectivity index (χ1n) is 11.0. The second kappa shape index (κ2) is 11.0. The Labute approximate surface area is 190 Å². The van der Waals surface area contributed by atoms with Crippen molar-refractivity contribution < 1.29 is 19.1 Å². The van der Waals surface area contributed by atoms with E-state index in [2.05, 4.69) is 10.6 Å². The van der Waals surface area contributed by atoms with Gasteiger partial charge in [0.1, 0.15) is 24.0 Å². The highest BCUT2D eigenvalue weighted by Gasteiger charge is 2.29. The van der Waals surface area contributed by atoms with Crippen LogP contribution in [0.4, 0.5) is 4.79 Å². The summed E-state index contributed by atoms with van der Waals surface area (Å²) in [7, 11) is 0. The van der Waals surface area contributed by atoms with Gasteiger partial charge in [-0.3, -0.25) is 4.79 Å². The molecule has 7 nitrogen and oxygen atoms in total. The maximum atomic E-state index is 13.1. The lowest BCUT2D eigenvalue weighted by molar-refractivity contribution is -0.134. The molecule has 172 valence electrons. The van der Waals surface area contributed by atoms with Crippen LogP contribution in [-0.2, 0) is 22.6 Å². The van der Waals surface area contributed by atoms with Crippen LogP contribution in [0.2, 0.25) is 0 Å². The Kier molecular flexibility index (Phi) is 8.11. The van der Waals surface area contributed by atoms with Gasteiger partial charge in [-0.2, -0.15) is 0 Å². The number of benzene rings is 2. The summed E-state index contributed by atoms with van der Waals surface area (Å²) in [5, 5.41) is 6.02. The number of hydrogen-bond acceptors (Lipinski definition) is 5. The number of nitrogens with one attached hydrogen (secondary N) is 2. The third-order valence-electron chi connectivity index (χ3n) is 5.03. The van der Waals surface area contributed by atoms with Crippen LogP contribution >= 0.6 is 0 Å². The molecule has 1 atom stereocenters. The van der Waals surface area contributed by atoms with Crippen LogP contribution in [0.5, 0.6) is 5.75 Å². The zero-order valence-electron chi connectivity index (χ0n) is 19.1. The number of rotatable bonds is 7. The molecule has 1 heterocycles. The third-order valence-corrected chi connectivity index (χ3v) is 5.03. The molecule has 0 radical (unpaired) electrons. The van der Waals surface area contributed by atoms with E-state index in [1.54, 1.807) is 25.7 Å². The molecule has 0 spiro atoms. The molecule has 0 saturated carbocycles. The molecule has 2 N–H and O–H groups in total. The van der Waals surface area contributed by atoms with E-state index in [1.807, 2.05) is 54.6 Å². The molecule has 2 aromatic carbocycles. The third kappa shape index (κ3) is 7.57. The Bertz CT molecular complexity index is 872. The number of alkyl carbamates (subject to hydrolysis) is 1. The number of carbonyl (C=O) groups is 2. The fourth-order valence-corrected chi connectivity index (χ4v) is 3.45. The van der Waals surface area contributed by atoms with Crippen molar-refractivity contribution >= 4 is 12.0 Å². The van der Waals surface area contributed by atoms with Gasteiger partial charge in [0.2, 0.25) is 5.91 Å². The summed E-state index contributed by atoms with van der Waals surface area (Å²) in [4.78, 5) is 27.3. The van der Waals surface area contributed by atoms with Gasteiger partial charge < -0.3 is 25.0 Å². The van der Waals surface area contributed by atoms with Crippen LogP contribution in [-0.4, -0.2) is 54.7 Å². The van der Waals surface area contributed by atoms with Crippen molar-refractivity contribution in [1.29, 1.82) is 0 Å². The number of ether oxygens (including phenoxy) is 2. The van der Waals surface area contributed by atoms with Gasteiger partial charge in [0.25, 0.3) is 0 Å². The van der Waals surface area contributed by atoms with Gasteiger partial charge in [-0.15, -0.1) is 0 Å². The van der Waals surface area contributed by atoms with E-state index < -0.39 is 17.7 Å². The first kappa shape index (κ1) is 23.6. The van der Waals surface area contributed by atoms with Gasteiger partial charge >= 0.3 is 6.09 Å². The van der Waals surface area contributed by atoms with Crippen LogP contribution in [0.3, 0.4) is 0 Å². The fraction of sp³-hybridized carbons (Fsp3) is 0.440. The molecule has 7 heteroatoms. The number of amides is 2. The molecule has 2 amide bonds. The summed E-state index contributed by atoms with van der Waals surface area (Å²) in [6.07, 6.45) is -0.213. The van der Waals surface area contributed by atoms with E-state index in [1.165, 1.54) is 0 Å². The minimum absolute atomic E-state index is 0.0956. The molecule has 1 aliphatic heterocycles. The monoisotopic (exact) mass is 439 g/mol. The molecule has 32 heavy (non-hydrogen) atoms. The number of nitrogens with zero attached hydrogens (tertiary/aromatic N) is 1. The zero-order chi connectivity index (χ0) is 23.0.